The second-order valence-electron chi connectivity index (χ2n) is 8.64. The Bertz CT molecular complexity index is 1180. The first kappa shape index (κ1) is 23.1. The Labute approximate surface area is 201 Å². The lowest BCUT2D eigenvalue weighted by atomic mass is 10.1. The summed E-state index contributed by atoms with van der Waals surface area (Å²) in [6.45, 7) is 6.05. The van der Waals surface area contributed by atoms with E-state index >= 15 is 0 Å². The highest BCUT2D eigenvalue weighted by molar-refractivity contribution is 5.89. The molecule has 5 rings (SSSR count). The number of ether oxygens (including phenoxy) is 2. The molecule has 0 radical (unpaired) electrons. The van der Waals surface area contributed by atoms with E-state index in [1.54, 1.807) is 12.1 Å². The van der Waals surface area contributed by atoms with Gasteiger partial charge in [-0.15, -0.1) is 0 Å². The summed E-state index contributed by atoms with van der Waals surface area (Å²) in [5.41, 5.74) is 1.50. The molecule has 12 nitrogen and oxygen atoms in total. The highest BCUT2D eigenvalue weighted by Crippen LogP contribution is 2.32. The molecule has 4 heterocycles. The van der Waals surface area contributed by atoms with Gasteiger partial charge in [-0.2, -0.15) is 5.10 Å². The lowest BCUT2D eigenvalue weighted by molar-refractivity contribution is -0.384. The van der Waals surface area contributed by atoms with Crippen LogP contribution in [0.1, 0.15) is 18.9 Å². The monoisotopic (exact) mass is 481 g/mol. The van der Waals surface area contributed by atoms with Crippen LogP contribution in [0, 0.1) is 10.1 Å². The van der Waals surface area contributed by atoms with Gasteiger partial charge in [0.2, 0.25) is 0 Å². The number of aromatic nitrogens is 4. The fourth-order valence-corrected chi connectivity index (χ4v) is 4.67. The summed E-state index contributed by atoms with van der Waals surface area (Å²) in [6.07, 6.45) is 3.65. The van der Waals surface area contributed by atoms with Gasteiger partial charge in [0.15, 0.2) is 11.5 Å². The second kappa shape index (κ2) is 10.3. The number of hydrogen-bond acceptors (Lipinski definition) is 10. The summed E-state index contributed by atoms with van der Waals surface area (Å²) >= 11 is 0. The average molecular weight is 482 g/mol. The van der Waals surface area contributed by atoms with E-state index in [4.69, 9.17) is 24.5 Å². The molecule has 2 fully saturated rings. The van der Waals surface area contributed by atoms with Crippen LogP contribution in [0.2, 0.25) is 0 Å². The SMILES string of the molecule is O=COCCN1CCC(n2ncc3c(N4CCOCC4)nc(-c4ccc([N+](=O)[O-])cc4)nc32)CC1. The number of carbonyl (C=O) groups excluding carboxylic acids is 1. The highest BCUT2D eigenvalue weighted by atomic mass is 16.6. The second-order valence-corrected chi connectivity index (χ2v) is 8.64. The van der Waals surface area contributed by atoms with E-state index in [0.29, 0.717) is 37.7 Å². The van der Waals surface area contributed by atoms with Crippen LogP contribution in [0.5, 0.6) is 0 Å². The Morgan fingerprint density at radius 1 is 1.11 bits per heavy atom. The zero-order valence-corrected chi connectivity index (χ0v) is 19.3. The van der Waals surface area contributed by atoms with Crippen LogP contribution in [0.25, 0.3) is 22.4 Å². The molecule has 0 aliphatic carbocycles. The molecule has 35 heavy (non-hydrogen) atoms. The molecule has 0 bridgehead atoms. The standard InChI is InChI=1S/C23H27N7O5/c31-16-35-12-9-27-7-5-18(6-8-27)29-23-20(15-24-29)22(28-10-13-34-14-11-28)25-21(26-23)17-1-3-19(4-2-17)30(32)33/h1-4,15-16,18H,5-14H2. The Morgan fingerprint density at radius 2 is 1.86 bits per heavy atom. The zero-order chi connectivity index (χ0) is 24.2. The number of rotatable bonds is 8. The first-order valence-electron chi connectivity index (χ1n) is 11.7. The number of nitro groups is 1. The van der Waals surface area contributed by atoms with E-state index in [1.165, 1.54) is 12.1 Å². The van der Waals surface area contributed by atoms with Crippen LogP contribution < -0.4 is 4.90 Å². The van der Waals surface area contributed by atoms with E-state index in [0.717, 1.165) is 62.4 Å². The van der Waals surface area contributed by atoms with Gasteiger partial charge in [0.25, 0.3) is 12.2 Å². The van der Waals surface area contributed by atoms with Crippen LogP contribution in [0.4, 0.5) is 11.5 Å². The van der Waals surface area contributed by atoms with Crippen molar-refractivity contribution >= 4 is 29.0 Å². The van der Waals surface area contributed by atoms with E-state index in [-0.39, 0.29) is 11.7 Å². The molecule has 0 N–H and O–H groups in total. The molecule has 3 aromatic rings. The van der Waals surface area contributed by atoms with Gasteiger partial charge in [-0.05, 0) is 25.0 Å². The Kier molecular flexibility index (Phi) is 6.82. The minimum atomic E-state index is -0.417. The fraction of sp³-hybridized carbons (Fsp3) is 0.478. The molecule has 2 aromatic heterocycles. The minimum Gasteiger partial charge on any atom is -0.467 e. The van der Waals surface area contributed by atoms with E-state index in [2.05, 4.69) is 9.80 Å². The molecule has 0 saturated carbocycles. The summed E-state index contributed by atoms with van der Waals surface area (Å²) in [5.74, 6) is 1.32. The highest BCUT2D eigenvalue weighted by Gasteiger charge is 2.26. The van der Waals surface area contributed by atoms with Gasteiger partial charge in [-0.1, -0.05) is 0 Å². The maximum atomic E-state index is 11.1. The van der Waals surface area contributed by atoms with Gasteiger partial charge in [0.1, 0.15) is 12.4 Å². The lowest BCUT2D eigenvalue weighted by Crippen LogP contribution is -2.37. The quantitative estimate of drug-likeness (QED) is 0.204. The average Bonchev–Trinajstić information content (AvgIpc) is 3.33. The van der Waals surface area contributed by atoms with Gasteiger partial charge in [-0.25, -0.2) is 14.6 Å². The van der Waals surface area contributed by atoms with Gasteiger partial charge < -0.3 is 14.4 Å². The smallest absolute Gasteiger partial charge is 0.293 e. The van der Waals surface area contributed by atoms with Crippen molar-refractivity contribution in [3.8, 4) is 11.4 Å². The van der Waals surface area contributed by atoms with E-state index in [9.17, 15) is 14.9 Å². The molecule has 0 spiro atoms. The van der Waals surface area contributed by atoms with Crippen LogP contribution in [-0.4, -0.2) is 88.6 Å². The molecule has 0 atom stereocenters. The van der Waals surface area contributed by atoms with Crippen LogP contribution in [0.3, 0.4) is 0 Å². The number of nitro benzene ring substituents is 1. The number of anilines is 1. The van der Waals surface area contributed by atoms with Crippen molar-refractivity contribution in [2.24, 2.45) is 0 Å². The Balaban J connectivity index is 1.47. The Hall–Kier alpha value is -3.64. The van der Waals surface area contributed by atoms with Crippen molar-refractivity contribution in [2.75, 3.05) is 57.4 Å². The summed E-state index contributed by atoms with van der Waals surface area (Å²) < 4.78 is 12.4. The molecule has 0 amide bonds. The summed E-state index contributed by atoms with van der Waals surface area (Å²) in [4.78, 5) is 35.3. The van der Waals surface area contributed by atoms with Crippen LogP contribution in [-0.2, 0) is 14.3 Å². The summed E-state index contributed by atoms with van der Waals surface area (Å²) in [6, 6.07) is 6.50. The van der Waals surface area contributed by atoms with Crippen molar-refractivity contribution in [2.45, 2.75) is 18.9 Å². The van der Waals surface area contributed by atoms with Crippen molar-refractivity contribution in [3.05, 3.63) is 40.6 Å². The van der Waals surface area contributed by atoms with Crippen molar-refractivity contribution in [1.29, 1.82) is 0 Å². The molecule has 2 aliphatic heterocycles. The summed E-state index contributed by atoms with van der Waals surface area (Å²) in [7, 11) is 0. The van der Waals surface area contributed by atoms with E-state index in [1.807, 2.05) is 10.9 Å². The predicted octanol–water partition coefficient (Wildman–Crippen LogP) is 2.05. The van der Waals surface area contributed by atoms with Crippen LogP contribution in [0.15, 0.2) is 30.5 Å². The number of benzene rings is 1. The number of fused-ring (bicyclic) bond motifs is 1. The maximum Gasteiger partial charge on any atom is 0.293 e. The zero-order valence-electron chi connectivity index (χ0n) is 19.3. The molecule has 2 aliphatic rings. The number of non-ortho nitro benzene ring substituents is 1. The summed E-state index contributed by atoms with van der Waals surface area (Å²) in [5, 5.41) is 16.7. The molecular weight excluding hydrogens is 454 g/mol. The number of hydrogen-bond donors (Lipinski definition) is 0. The molecule has 1 aromatic carbocycles. The fourth-order valence-electron chi connectivity index (χ4n) is 4.67. The minimum absolute atomic E-state index is 0.0265. The molecule has 12 heteroatoms. The largest absolute Gasteiger partial charge is 0.467 e. The first-order chi connectivity index (χ1) is 17.1. The van der Waals surface area contributed by atoms with Crippen LogP contribution >= 0.6 is 0 Å². The number of carbonyl (C=O) groups is 1. The molecular formula is C23H27N7O5. The molecule has 184 valence electrons. The van der Waals surface area contributed by atoms with Crippen molar-refractivity contribution in [1.82, 2.24) is 24.6 Å². The van der Waals surface area contributed by atoms with E-state index < -0.39 is 4.92 Å². The third-order valence-corrected chi connectivity index (χ3v) is 6.58. The number of nitrogens with zero attached hydrogens (tertiary/aromatic N) is 7. The normalized spacial score (nSPS) is 17.5. The van der Waals surface area contributed by atoms with Crippen molar-refractivity contribution < 1.29 is 19.2 Å². The van der Waals surface area contributed by atoms with Gasteiger partial charge in [-0.3, -0.25) is 19.8 Å². The van der Waals surface area contributed by atoms with Gasteiger partial charge in [0, 0.05) is 50.4 Å². The molecule has 2 saturated heterocycles. The third-order valence-electron chi connectivity index (χ3n) is 6.58. The number of piperidine rings is 1. The van der Waals surface area contributed by atoms with Gasteiger partial charge in [0.05, 0.1) is 35.8 Å². The number of morpholine rings is 1. The predicted molar refractivity (Wildman–Crippen MR) is 127 cm³/mol. The Morgan fingerprint density at radius 3 is 2.54 bits per heavy atom. The lowest BCUT2D eigenvalue weighted by Gasteiger charge is -2.32. The first-order valence-corrected chi connectivity index (χ1v) is 11.7. The van der Waals surface area contributed by atoms with Gasteiger partial charge >= 0.3 is 0 Å². The topological polar surface area (TPSA) is 129 Å². The molecule has 0 unspecified atom stereocenters. The maximum absolute atomic E-state index is 11.1. The number of likely N-dealkylation sites (tertiary alicyclic amines) is 1. The van der Waals surface area contributed by atoms with Crippen molar-refractivity contribution in [3.63, 3.8) is 0 Å². The third kappa shape index (κ3) is 4.93.